The first-order chi connectivity index (χ1) is 10.3. The van der Waals surface area contributed by atoms with E-state index in [2.05, 4.69) is 41.7 Å². The van der Waals surface area contributed by atoms with Crippen molar-refractivity contribution >= 4 is 34.3 Å². The van der Waals surface area contributed by atoms with E-state index in [9.17, 15) is 0 Å². The lowest BCUT2D eigenvalue weighted by Crippen LogP contribution is -2.13. The highest BCUT2D eigenvalue weighted by molar-refractivity contribution is 6.24. The quantitative estimate of drug-likeness (QED) is 0.509. The van der Waals surface area contributed by atoms with Gasteiger partial charge in [0.1, 0.15) is 5.50 Å². The van der Waals surface area contributed by atoms with E-state index in [0.717, 1.165) is 33.4 Å². The minimum absolute atomic E-state index is 0.190. The molecule has 1 N–H and O–H groups in total. The monoisotopic (exact) mass is 292 g/mol. The Labute approximate surface area is 128 Å². The Kier molecular flexibility index (Phi) is 2.90. The molecule has 0 saturated heterocycles. The molecule has 3 aromatic rings. The number of rotatable bonds is 1. The number of nitrogens with zero attached hydrogens (tertiary/aromatic N) is 1. The third-order valence-corrected chi connectivity index (χ3v) is 3.95. The van der Waals surface area contributed by atoms with Crippen molar-refractivity contribution in [1.29, 1.82) is 0 Å². The molecule has 1 unspecified atom stereocenters. The fourth-order valence-electron chi connectivity index (χ4n) is 2.64. The topological polar surface area (TPSA) is 24.9 Å². The first-order valence-electron chi connectivity index (χ1n) is 6.89. The Morgan fingerprint density at radius 2 is 1.76 bits per heavy atom. The molecular formula is C18H13ClN2. The van der Waals surface area contributed by atoms with E-state index in [4.69, 9.17) is 16.6 Å². The summed E-state index contributed by atoms with van der Waals surface area (Å²) in [6.07, 6.45) is 3.98. The van der Waals surface area contributed by atoms with Crippen molar-refractivity contribution in [2.45, 2.75) is 5.50 Å². The summed E-state index contributed by atoms with van der Waals surface area (Å²) in [5, 5.41) is 4.41. The number of pyridine rings is 1. The standard InChI is InChI=1S/C18H13ClN2/c19-16-11-9-14-7-6-13-8-10-15(12-4-2-1-3-5-12)20-17(13)18(14)21-16/h1-11,16,21H. The van der Waals surface area contributed by atoms with Gasteiger partial charge in [-0.2, -0.15) is 0 Å². The number of aromatic nitrogens is 1. The molecule has 2 nitrogen and oxygen atoms in total. The molecule has 2 aromatic carbocycles. The van der Waals surface area contributed by atoms with Crippen molar-refractivity contribution in [2.24, 2.45) is 0 Å². The van der Waals surface area contributed by atoms with Crippen LogP contribution in [0.3, 0.4) is 0 Å². The second kappa shape index (κ2) is 4.90. The van der Waals surface area contributed by atoms with E-state index >= 15 is 0 Å². The van der Waals surface area contributed by atoms with Crippen LogP contribution in [-0.2, 0) is 0 Å². The van der Waals surface area contributed by atoms with Crippen LogP contribution in [0.1, 0.15) is 5.56 Å². The fourth-order valence-corrected chi connectivity index (χ4v) is 2.82. The number of benzene rings is 2. The number of hydrogen-bond acceptors (Lipinski definition) is 2. The third kappa shape index (κ3) is 2.18. The summed E-state index contributed by atoms with van der Waals surface area (Å²) in [5.41, 5.74) is 4.99. The van der Waals surface area contributed by atoms with Crippen LogP contribution in [0.2, 0.25) is 0 Å². The number of anilines is 1. The van der Waals surface area contributed by atoms with Gasteiger partial charge in [0.05, 0.1) is 16.9 Å². The minimum Gasteiger partial charge on any atom is -0.364 e. The molecule has 1 aliphatic rings. The summed E-state index contributed by atoms with van der Waals surface area (Å²) in [6, 6.07) is 18.5. The molecule has 2 heterocycles. The molecule has 0 saturated carbocycles. The minimum atomic E-state index is -0.190. The number of alkyl halides is 1. The molecule has 1 aromatic heterocycles. The van der Waals surface area contributed by atoms with Crippen molar-refractivity contribution < 1.29 is 0 Å². The first-order valence-corrected chi connectivity index (χ1v) is 7.33. The van der Waals surface area contributed by atoms with Crippen LogP contribution in [-0.4, -0.2) is 10.5 Å². The molecule has 1 aliphatic heterocycles. The van der Waals surface area contributed by atoms with Crippen LogP contribution in [0.4, 0.5) is 5.69 Å². The van der Waals surface area contributed by atoms with E-state index < -0.39 is 0 Å². The maximum atomic E-state index is 6.18. The molecule has 0 radical (unpaired) electrons. The van der Waals surface area contributed by atoms with Crippen LogP contribution in [0.15, 0.2) is 60.7 Å². The third-order valence-electron chi connectivity index (χ3n) is 3.69. The zero-order valence-corrected chi connectivity index (χ0v) is 12.0. The molecule has 0 aliphatic carbocycles. The van der Waals surface area contributed by atoms with Crippen LogP contribution in [0.5, 0.6) is 0 Å². The summed E-state index contributed by atoms with van der Waals surface area (Å²) in [7, 11) is 0. The second-order valence-electron chi connectivity index (χ2n) is 5.07. The van der Waals surface area contributed by atoms with Crippen LogP contribution >= 0.6 is 11.6 Å². The average Bonchev–Trinajstić information content (AvgIpc) is 2.55. The van der Waals surface area contributed by atoms with Crippen molar-refractivity contribution in [3.63, 3.8) is 0 Å². The maximum absolute atomic E-state index is 6.18. The number of fused-ring (bicyclic) bond motifs is 3. The van der Waals surface area contributed by atoms with E-state index in [-0.39, 0.29) is 5.50 Å². The first kappa shape index (κ1) is 12.4. The van der Waals surface area contributed by atoms with Crippen molar-refractivity contribution in [3.8, 4) is 11.3 Å². The SMILES string of the molecule is ClC1C=Cc2ccc3ccc(-c4ccccc4)nc3c2N1. The molecule has 0 fully saturated rings. The lowest BCUT2D eigenvalue weighted by molar-refractivity contribution is 1.22. The highest BCUT2D eigenvalue weighted by Crippen LogP contribution is 2.32. The molecule has 4 rings (SSSR count). The normalized spacial score (nSPS) is 16.5. The van der Waals surface area contributed by atoms with Crippen LogP contribution in [0.25, 0.3) is 28.2 Å². The van der Waals surface area contributed by atoms with E-state index in [0.29, 0.717) is 0 Å². The molecule has 102 valence electrons. The van der Waals surface area contributed by atoms with Gasteiger partial charge in [-0.25, -0.2) is 4.98 Å². The van der Waals surface area contributed by atoms with Gasteiger partial charge in [0, 0.05) is 10.9 Å². The van der Waals surface area contributed by atoms with Gasteiger partial charge in [0.2, 0.25) is 0 Å². The highest BCUT2D eigenvalue weighted by Gasteiger charge is 2.14. The molecule has 21 heavy (non-hydrogen) atoms. The number of halogens is 1. The van der Waals surface area contributed by atoms with Crippen molar-refractivity contribution in [2.75, 3.05) is 5.32 Å². The number of nitrogens with one attached hydrogen (secondary N) is 1. The van der Waals surface area contributed by atoms with E-state index in [1.54, 1.807) is 0 Å². The summed E-state index contributed by atoms with van der Waals surface area (Å²) >= 11 is 6.18. The fraction of sp³-hybridized carbons (Fsp3) is 0.0556. The van der Waals surface area contributed by atoms with Gasteiger partial charge in [0.25, 0.3) is 0 Å². The summed E-state index contributed by atoms with van der Waals surface area (Å²) < 4.78 is 0. The zero-order valence-electron chi connectivity index (χ0n) is 11.3. The molecule has 1 atom stereocenters. The average molecular weight is 293 g/mol. The van der Waals surface area contributed by atoms with Gasteiger partial charge in [-0.3, -0.25) is 0 Å². The summed E-state index contributed by atoms with van der Waals surface area (Å²) in [5.74, 6) is 0. The highest BCUT2D eigenvalue weighted by atomic mass is 35.5. The second-order valence-corrected chi connectivity index (χ2v) is 5.54. The lowest BCUT2D eigenvalue weighted by Gasteiger charge is -2.19. The molecule has 0 amide bonds. The van der Waals surface area contributed by atoms with Crippen molar-refractivity contribution in [1.82, 2.24) is 4.98 Å². The Bertz CT molecular complexity index is 840. The van der Waals surface area contributed by atoms with Crippen LogP contribution < -0.4 is 5.32 Å². The Morgan fingerprint density at radius 3 is 2.62 bits per heavy atom. The summed E-state index contributed by atoms with van der Waals surface area (Å²) in [6.45, 7) is 0. The maximum Gasteiger partial charge on any atom is 0.120 e. The van der Waals surface area contributed by atoms with Gasteiger partial charge < -0.3 is 5.32 Å². The molecule has 0 spiro atoms. The predicted octanol–water partition coefficient (Wildman–Crippen LogP) is 4.91. The van der Waals surface area contributed by atoms with Gasteiger partial charge in [-0.05, 0) is 17.7 Å². The van der Waals surface area contributed by atoms with E-state index in [1.165, 1.54) is 0 Å². The van der Waals surface area contributed by atoms with E-state index in [1.807, 2.05) is 30.4 Å². The molecular weight excluding hydrogens is 280 g/mol. The number of hydrogen-bond donors (Lipinski definition) is 1. The Morgan fingerprint density at radius 1 is 0.952 bits per heavy atom. The Hall–Kier alpha value is -2.32. The lowest BCUT2D eigenvalue weighted by atomic mass is 10.0. The zero-order chi connectivity index (χ0) is 14.2. The molecule has 3 heteroatoms. The smallest absolute Gasteiger partial charge is 0.120 e. The van der Waals surface area contributed by atoms with Gasteiger partial charge in [-0.1, -0.05) is 66.2 Å². The predicted molar refractivity (Wildman–Crippen MR) is 89.5 cm³/mol. The van der Waals surface area contributed by atoms with Crippen LogP contribution in [0, 0.1) is 0 Å². The summed E-state index contributed by atoms with van der Waals surface area (Å²) in [4.78, 5) is 4.84. The van der Waals surface area contributed by atoms with Crippen molar-refractivity contribution in [3.05, 3.63) is 66.2 Å². The van der Waals surface area contributed by atoms with Gasteiger partial charge >= 0.3 is 0 Å². The largest absolute Gasteiger partial charge is 0.364 e. The van der Waals surface area contributed by atoms with Gasteiger partial charge in [0.15, 0.2) is 0 Å². The Balaban J connectivity index is 1.95. The van der Waals surface area contributed by atoms with Gasteiger partial charge in [-0.15, -0.1) is 0 Å². The molecule has 0 bridgehead atoms.